The van der Waals surface area contributed by atoms with E-state index in [4.69, 9.17) is 9.47 Å². The molecule has 10 heteroatoms. The second-order valence-electron chi connectivity index (χ2n) is 7.30. The predicted octanol–water partition coefficient (Wildman–Crippen LogP) is 2.28. The smallest absolute Gasteiger partial charge is 0.246 e. The van der Waals surface area contributed by atoms with E-state index in [0.717, 1.165) is 32.1 Å². The molecule has 0 saturated carbocycles. The molecule has 33 heavy (non-hydrogen) atoms. The maximum Gasteiger partial charge on any atom is 0.246 e. The van der Waals surface area contributed by atoms with E-state index in [9.17, 15) is 4.79 Å². The Hall–Kier alpha value is -2.44. The van der Waals surface area contributed by atoms with Gasteiger partial charge in [0, 0.05) is 32.4 Å². The summed E-state index contributed by atoms with van der Waals surface area (Å²) in [5.41, 5.74) is 1.84. The van der Waals surface area contributed by atoms with Crippen molar-refractivity contribution in [2.75, 3.05) is 58.4 Å². The average molecular weight is 568 g/mol. The Balaban J connectivity index is 0.00000385. The van der Waals surface area contributed by atoms with Crippen molar-refractivity contribution in [3.05, 3.63) is 54.4 Å². The van der Waals surface area contributed by atoms with Gasteiger partial charge in [0.25, 0.3) is 0 Å². The Morgan fingerprint density at radius 3 is 2.61 bits per heavy atom. The van der Waals surface area contributed by atoms with Gasteiger partial charge in [-0.1, -0.05) is 12.1 Å². The molecule has 0 spiro atoms. The summed E-state index contributed by atoms with van der Waals surface area (Å²) < 4.78 is 10.8. The number of nitrogens with one attached hydrogen (secondary N) is 3. The number of carbonyl (C=O) groups excluding carboxylic acids is 1. The van der Waals surface area contributed by atoms with Crippen LogP contribution < -0.4 is 20.7 Å². The van der Waals surface area contributed by atoms with Gasteiger partial charge in [-0.05, 0) is 36.8 Å². The van der Waals surface area contributed by atoms with Crippen molar-refractivity contribution in [2.45, 2.75) is 13.0 Å². The molecule has 1 aromatic carbocycles. The predicted molar refractivity (Wildman–Crippen MR) is 140 cm³/mol. The van der Waals surface area contributed by atoms with Gasteiger partial charge < -0.3 is 25.4 Å². The molecule has 0 radical (unpaired) electrons. The Kier molecular flexibility index (Phi) is 11.9. The van der Waals surface area contributed by atoms with Crippen LogP contribution in [-0.4, -0.2) is 74.8 Å². The van der Waals surface area contributed by atoms with Gasteiger partial charge in [0.15, 0.2) is 5.96 Å². The zero-order chi connectivity index (χ0) is 22.6. The number of carbonyl (C=O) groups is 1. The van der Waals surface area contributed by atoms with Gasteiger partial charge in [-0.15, -0.1) is 24.0 Å². The fourth-order valence-electron chi connectivity index (χ4n) is 3.50. The average Bonchev–Trinajstić information content (AvgIpc) is 2.84. The molecule has 3 N–H and O–H groups in total. The first kappa shape index (κ1) is 26.8. The molecule has 1 unspecified atom stereocenters. The third-order valence-electron chi connectivity index (χ3n) is 5.12. The topological polar surface area (TPSA) is 100 Å². The van der Waals surface area contributed by atoms with Gasteiger partial charge in [-0.3, -0.25) is 14.7 Å². The number of nitrogens with zero attached hydrogens (tertiary/aromatic N) is 3. The van der Waals surface area contributed by atoms with Gasteiger partial charge in [0.2, 0.25) is 5.91 Å². The van der Waals surface area contributed by atoms with Crippen LogP contribution in [0.3, 0.4) is 0 Å². The zero-order valence-corrected chi connectivity index (χ0v) is 21.5. The van der Waals surface area contributed by atoms with Crippen LogP contribution in [0.2, 0.25) is 0 Å². The largest absolute Gasteiger partial charge is 0.497 e. The number of pyridine rings is 1. The lowest BCUT2D eigenvalue weighted by atomic mass is 10.0. The van der Waals surface area contributed by atoms with Crippen LogP contribution in [0, 0.1) is 0 Å². The number of aromatic nitrogens is 1. The Labute approximate surface area is 212 Å². The standard InChI is InChI=1S/C23H32N6O3.HI/c1-3-25-23(27-17-22(30)28-19-5-4-10-24-15-19)26-16-21(29-11-13-32-14-12-29)18-6-8-20(31-2)9-7-18;/h4-10,15,21H,3,11-14,16-17H2,1-2H3,(H,28,30)(H2,25,26,27);1H. The molecule has 1 fully saturated rings. The number of aliphatic imine (C=N–C) groups is 1. The van der Waals surface area contributed by atoms with Gasteiger partial charge >= 0.3 is 0 Å². The molecule has 1 saturated heterocycles. The monoisotopic (exact) mass is 568 g/mol. The molecule has 180 valence electrons. The Morgan fingerprint density at radius 1 is 1.21 bits per heavy atom. The highest BCUT2D eigenvalue weighted by molar-refractivity contribution is 14.0. The first-order chi connectivity index (χ1) is 15.7. The quantitative estimate of drug-likeness (QED) is 0.243. The molecule has 1 aliphatic rings. The number of rotatable bonds is 9. The summed E-state index contributed by atoms with van der Waals surface area (Å²) in [5, 5.41) is 9.40. The fourth-order valence-corrected chi connectivity index (χ4v) is 3.50. The molecule has 1 aromatic heterocycles. The number of anilines is 1. The van der Waals surface area contributed by atoms with Crippen molar-refractivity contribution in [1.29, 1.82) is 0 Å². The minimum Gasteiger partial charge on any atom is -0.497 e. The lowest BCUT2D eigenvalue weighted by molar-refractivity contribution is -0.114. The third-order valence-corrected chi connectivity index (χ3v) is 5.12. The highest BCUT2D eigenvalue weighted by atomic mass is 127. The Morgan fingerprint density at radius 2 is 1.97 bits per heavy atom. The highest BCUT2D eigenvalue weighted by Crippen LogP contribution is 2.23. The van der Waals surface area contributed by atoms with E-state index in [0.29, 0.717) is 24.7 Å². The van der Waals surface area contributed by atoms with Crippen LogP contribution in [0.15, 0.2) is 53.8 Å². The van der Waals surface area contributed by atoms with E-state index in [1.54, 1.807) is 31.6 Å². The number of guanidine groups is 1. The number of benzene rings is 1. The maximum atomic E-state index is 12.3. The number of morpholine rings is 1. The molecule has 1 amide bonds. The summed E-state index contributed by atoms with van der Waals surface area (Å²) in [6.07, 6.45) is 3.27. The molecule has 1 aliphatic heterocycles. The molecule has 0 bridgehead atoms. The van der Waals surface area contributed by atoms with E-state index < -0.39 is 0 Å². The van der Waals surface area contributed by atoms with Crippen molar-refractivity contribution >= 4 is 41.5 Å². The summed E-state index contributed by atoms with van der Waals surface area (Å²) in [6, 6.07) is 11.8. The van der Waals surface area contributed by atoms with Gasteiger partial charge in [0.05, 0.1) is 38.2 Å². The first-order valence-electron chi connectivity index (χ1n) is 10.9. The number of halogens is 1. The summed E-state index contributed by atoms with van der Waals surface area (Å²) in [4.78, 5) is 23.1. The second kappa shape index (κ2) is 14.7. The van der Waals surface area contributed by atoms with Crippen LogP contribution >= 0.6 is 24.0 Å². The van der Waals surface area contributed by atoms with E-state index in [2.05, 4.69) is 43.0 Å². The second-order valence-corrected chi connectivity index (χ2v) is 7.30. The van der Waals surface area contributed by atoms with Crippen molar-refractivity contribution in [2.24, 2.45) is 4.99 Å². The van der Waals surface area contributed by atoms with Crippen molar-refractivity contribution in [3.8, 4) is 5.75 Å². The molecule has 3 rings (SSSR count). The minimum atomic E-state index is -0.199. The maximum absolute atomic E-state index is 12.3. The summed E-state index contributed by atoms with van der Waals surface area (Å²) >= 11 is 0. The lowest BCUT2D eigenvalue weighted by Crippen LogP contribution is -2.46. The minimum absolute atomic E-state index is 0. The Bertz CT molecular complexity index is 860. The SMILES string of the molecule is CCNC(=NCC(=O)Nc1cccnc1)NCC(c1ccc(OC)cc1)N1CCOCC1.I. The van der Waals surface area contributed by atoms with Crippen molar-refractivity contribution < 1.29 is 14.3 Å². The van der Waals surface area contributed by atoms with Crippen LogP contribution in [0.25, 0.3) is 0 Å². The molecule has 2 aromatic rings. The molecule has 0 aliphatic carbocycles. The van der Waals surface area contributed by atoms with E-state index in [1.807, 2.05) is 19.1 Å². The van der Waals surface area contributed by atoms with Gasteiger partial charge in [-0.25, -0.2) is 4.99 Å². The van der Waals surface area contributed by atoms with Gasteiger partial charge in [0.1, 0.15) is 12.3 Å². The fraction of sp³-hybridized carbons (Fsp3) is 0.435. The van der Waals surface area contributed by atoms with Crippen LogP contribution in [0.5, 0.6) is 5.75 Å². The van der Waals surface area contributed by atoms with Crippen LogP contribution in [0.1, 0.15) is 18.5 Å². The van der Waals surface area contributed by atoms with Crippen LogP contribution in [0.4, 0.5) is 5.69 Å². The normalized spacial score (nSPS) is 15.2. The summed E-state index contributed by atoms with van der Waals surface area (Å²) in [6.45, 7) is 6.50. The molecule has 2 heterocycles. The molecule has 1 atom stereocenters. The number of methoxy groups -OCH3 is 1. The molecule has 9 nitrogen and oxygen atoms in total. The number of amides is 1. The van der Waals surface area contributed by atoms with E-state index >= 15 is 0 Å². The first-order valence-corrected chi connectivity index (χ1v) is 10.9. The summed E-state index contributed by atoms with van der Waals surface area (Å²) in [7, 11) is 1.67. The van der Waals surface area contributed by atoms with Crippen LogP contribution in [-0.2, 0) is 9.53 Å². The third kappa shape index (κ3) is 8.78. The number of hydrogen-bond acceptors (Lipinski definition) is 6. The zero-order valence-electron chi connectivity index (χ0n) is 19.1. The van der Waals surface area contributed by atoms with E-state index in [-0.39, 0.29) is 42.5 Å². The van der Waals surface area contributed by atoms with Crippen molar-refractivity contribution in [1.82, 2.24) is 20.5 Å². The summed E-state index contributed by atoms with van der Waals surface area (Å²) in [5.74, 6) is 1.23. The van der Waals surface area contributed by atoms with Gasteiger partial charge in [-0.2, -0.15) is 0 Å². The number of hydrogen-bond donors (Lipinski definition) is 3. The number of ether oxygens (including phenoxy) is 2. The van der Waals surface area contributed by atoms with E-state index in [1.165, 1.54) is 5.56 Å². The molecular weight excluding hydrogens is 535 g/mol. The highest BCUT2D eigenvalue weighted by Gasteiger charge is 2.23. The molecular formula is C23H33IN6O3. The van der Waals surface area contributed by atoms with Crippen molar-refractivity contribution in [3.63, 3.8) is 0 Å². The lowest BCUT2D eigenvalue weighted by Gasteiger charge is -2.35.